The molecule has 1 aromatic carbocycles. The summed E-state index contributed by atoms with van der Waals surface area (Å²) in [5.41, 5.74) is 2.06. The van der Waals surface area contributed by atoms with Gasteiger partial charge < -0.3 is 19.1 Å². The second-order valence-corrected chi connectivity index (χ2v) is 10.1. The molecule has 0 N–H and O–H groups in total. The molecule has 2 aromatic rings. The number of pyridine rings is 1. The largest absolute Gasteiger partial charge is 0.496 e. The number of hydrogen-bond donors (Lipinski definition) is 0. The second-order valence-electron chi connectivity index (χ2n) is 8.15. The number of sulfonamides is 1. The number of hydrogen-bond acceptors (Lipinski definition) is 7. The molecule has 0 spiro atoms. The molecule has 1 fully saturated rings. The molecule has 0 radical (unpaired) electrons. The molecule has 8 nitrogen and oxygen atoms in total. The molecular weight excluding hydrogens is 442 g/mol. The monoisotopic (exact) mass is 473 g/mol. The lowest BCUT2D eigenvalue weighted by molar-refractivity contribution is 0.346. The van der Waals surface area contributed by atoms with Crippen LogP contribution in [0, 0.1) is 0 Å². The summed E-state index contributed by atoms with van der Waals surface area (Å²) >= 11 is 0. The van der Waals surface area contributed by atoms with E-state index in [0.717, 1.165) is 49.2 Å². The number of nitrogens with zero attached hydrogens (tertiary/aromatic N) is 3. The zero-order valence-electron chi connectivity index (χ0n) is 19.4. The van der Waals surface area contributed by atoms with Crippen LogP contribution in [0.15, 0.2) is 41.4 Å². The fourth-order valence-corrected chi connectivity index (χ4v) is 5.86. The van der Waals surface area contributed by atoms with Crippen LogP contribution in [0.25, 0.3) is 5.57 Å². The Hall–Kier alpha value is -2.78. The van der Waals surface area contributed by atoms with Crippen LogP contribution in [0.2, 0.25) is 0 Å². The average Bonchev–Trinajstić information content (AvgIpc) is 2.88. The van der Waals surface area contributed by atoms with E-state index in [1.54, 1.807) is 37.8 Å². The maximum atomic E-state index is 12.9. The maximum Gasteiger partial charge on any atom is 0.244 e. The summed E-state index contributed by atoms with van der Waals surface area (Å²) in [5, 5.41) is 0. The fraction of sp³-hybridized carbons (Fsp3) is 0.458. The van der Waals surface area contributed by atoms with Crippen molar-refractivity contribution >= 4 is 21.4 Å². The van der Waals surface area contributed by atoms with Gasteiger partial charge in [-0.1, -0.05) is 12.5 Å². The molecule has 0 unspecified atom stereocenters. The molecule has 9 heteroatoms. The van der Waals surface area contributed by atoms with Crippen molar-refractivity contribution in [2.75, 3.05) is 52.4 Å². The van der Waals surface area contributed by atoms with Crippen LogP contribution < -0.4 is 19.1 Å². The predicted octanol–water partition coefficient (Wildman–Crippen LogP) is 3.58. The highest BCUT2D eigenvalue weighted by Crippen LogP contribution is 2.41. The molecule has 0 bridgehead atoms. The summed E-state index contributed by atoms with van der Waals surface area (Å²) in [6.45, 7) is 2.57. The quantitative estimate of drug-likeness (QED) is 0.608. The first kappa shape index (κ1) is 23.4. The Balaban J connectivity index is 1.52. The number of benzene rings is 1. The summed E-state index contributed by atoms with van der Waals surface area (Å²) < 4.78 is 43.9. The maximum absolute atomic E-state index is 12.9. The third-order valence-electron chi connectivity index (χ3n) is 6.24. The minimum absolute atomic E-state index is 0.258. The van der Waals surface area contributed by atoms with Crippen molar-refractivity contribution in [1.82, 2.24) is 9.29 Å². The standard InChI is InChI=1S/C24H31N3O5S/c1-30-19-15-21(31-2)24(22(16-19)32-3)18-9-13-26(14-10-18)23-8-7-20(17-25-23)33(28,29)27-11-5-4-6-12-27/h7-9,15-17H,4-6,10-14H2,1-3H3. The topological polar surface area (TPSA) is 81.2 Å². The van der Waals surface area contributed by atoms with E-state index in [4.69, 9.17) is 14.2 Å². The SMILES string of the molecule is COc1cc(OC)c(C2=CCN(c3ccc(S(=O)(=O)N4CCCCC4)cn3)CC2)c(OC)c1. The molecule has 0 aliphatic carbocycles. The van der Waals surface area contributed by atoms with Crippen LogP contribution in [0.5, 0.6) is 17.2 Å². The van der Waals surface area contributed by atoms with E-state index in [-0.39, 0.29) is 4.90 Å². The highest BCUT2D eigenvalue weighted by molar-refractivity contribution is 7.89. The summed E-state index contributed by atoms with van der Waals surface area (Å²) in [6.07, 6.45) is 7.30. The van der Waals surface area contributed by atoms with Crippen molar-refractivity contribution in [2.24, 2.45) is 0 Å². The highest BCUT2D eigenvalue weighted by Gasteiger charge is 2.27. The van der Waals surface area contributed by atoms with E-state index in [9.17, 15) is 8.42 Å². The normalized spacial score (nSPS) is 17.4. The van der Waals surface area contributed by atoms with E-state index in [1.165, 1.54) is 6.20 Å². The van der Waals surface area contributed by atoms with Crippen molar-refractivity contribution in [1.29, 1.82) is 0 Å². The number of anilines is 1. The first-order valence-electron chi connectivity index (χ1n) is 11.2. The van der Waals surface area contributed by atoms with Gasteiger partial charge in [0, 0.05) is 44.5 Å². The zero-order chi connectivity index (χ0) is 23.4. The van der Waals surface area contributed by atoms with Crippen molar-refractivity contribution < 1.29 is 22.6 Å². The molecule has 3 heterocycles. The zero-order valence-corrected chi connectivity index (χ0v) is 20.2. The Morgan fingerprint density at radius 2 is 1.61 bits per heavy atom. The van der Waals surface area contributed by atoms with Gasteiger partial charge in [-0.25, -0.2) is 13.4 Å². The van der Waals surface area contributed by atoms with Crippen LogP contribution >= 0.6 is 0 Å². The molecule has 178 valence electrons. The van der Waals surface area contributed by atoms with Gasteiger partial charge >= 0.3 is 0 Å². The third-order valence-corrected chi connectivity index (χ3v) is 8.13. The number of methoxy groups -OCH3 is 3. The summed E-state index contributed by atoms with van der Waals surface area (Å²) in [5.74, 6) is 2.85. The van der Waals surface area contributed by atoms with Crippen molar-refractivity contribution in [2.45, 2.75) is 30.6 Å². The Bertz CT molecular complexity index is 1080. The van der Waals surface area contributed by atoms with Crippen LogP contribution in [0.1, 0.15) is 31.2 Å². The Morgan fingerprint density at radius 3 is 2.12 bits per heavy atom. The second kappa shape index (κ2) is 10.0. The third kappa shape index (κ3) is 4.79. The molecule has 1 aromatic heterocycles. The lowest BCUT2D eigenvalue weighted by Crippen LogP contribution is -2.35. The summed E-state index contributed by atoms with van der Waals surface area (Å²) in [7, 11) is 1.41. The molecule has 1 saturated heterocycles. The molecule has 2 aliphatic heterocycles. The van der Waals surface area contributed by atoms with Gasteiger partial charge in [0.15, 0.2) is 0 Å². The highest BCUT2D eigenvalue weighted by atomic mass is 32.2. The van der Waals surface area contributed by atoms with Gasteiger partial charge in [-0.2, -0.15) is 4.31 Å². The molecular formula is C24H31N3O5S. The van der Waals surface area contributed by atoms with E-state index in [0.29, 0.717) is 36.9 Å². The smallest absolute Gasteiger partial charge is 0.244 e. The van der Waals surface area contributed by atoms with Gasteiger partial charge in [0.1, 0.15) is 28.0 Å². The molecule has 0 saturated carbocycles. The molecule has 0 amide bonds. The van der Waals surface area contributed by atoms with Crippen LogP contribution in [0.4, 0.5) is 5.82 Å². The number of ether oxygens (including phenoxy) is 3. The van der Waals surface area contributed by atoms with Gasteiger partial charge in [-0.05, 0) is 37.0 Å². The lowest BCUT2D eigenvalue weighted by Gasteiger charge is -2.29. The van der Waals surface area contributed by atoms with Crippen molar-refractivity contribution in [3.63, 3.8) is 0 Å². The van der Waals surface area contributed by atoms with Crippen LogP contribution in [0.3, 0.4) is 0 Å². The number of aromatic nitrogens is 1. The number of rotatable bonds is 7. The van der Waals surface area contributed by atoms with Crippen molar-refractivity contribution in [3.05, 3.63) is 42.1 Å². The average molecular weight is 474 g/mol. The Morgan fingerprint density at radius 1 is 0.909 bits per heavy atom. The van der Waals surface area contributed by atoms with Crippen molar-refractivity contribution in [3.8, 4) is 17.2 Å². The summed E-state index contributed by atoms with van der Waals surface area (Å²) in [6, 6.07) is 7.17. The Kier molecular flexibility index (Phi) is 7.09. The van der Waals surface area contributed by atoms with Gasteiger partial charge in [0.05, 0.1) is 26.9 Å². The first-order chi connectivity index (χ1) is 16.0. The van der Waals surface area contributed by atoms with Gasteiger partial charge in [-0.3, -0.25) is 0 Å². The first-order valence-corrected chi connectivity index (χ1v) is 12.6. The van der Waals surface area contributed by atoms with Gasteiger partial charge in [0.25, 0.3) is 0 Å². The van der Waals surface area contributed by atoms with E-state index < -0.39 is 10.0 Å². The predicted molar refractivity (Wildman–Crippen MR) is 128 cm³/mol. The van der Waals surface area contributed by atoms with Crippen LogP contribution in [-0.4, -0.2) is 65.2 Å². The lowest BCUT2D eigenvalue weighted by atomic mass is 9.97. The Labute approximate surface area is 195 Å². The summed E-state index contributed by atoms with van der Waals surface area (Å²) in [4.78, 5) is 6.86. The van der Waals surface area contributed by atoms with Gasteiger partial charge in [-0.15, -0.1) is 0 Å². The minimum Gasteiger partial charge on any atom is -0.496 e. The van der Waals surface area contributed by atoms with Gasteiger partial charge in [0.2, 0.25) is 10.0 Å². The fourth-order valence-electron chi connectivity index (χ4n) is 4.39. The molecule has 4 rings (SSSR count). The van der Waals surface area contributed by atoms with Crippen LogP contribution in [-0.2, 0) is 10.0 Å². The number of piperidine rings is 1. The molecule has 33 heavy (non-hydrogen) atoms. The molecule has 2 aliphatic rings. The molecule has 0 atom stereocenters. The van der Waals surface area contributed by atoms with E-state index in [2.05, 4.69) is 16.0 Å². The van der Waals surface area contributed by atoms with E-state index >= 15 is 0 Å². The van der Waals surface area contributed by atoms with E-state index in [1.807, 2.05) is 12.1 Å². The minimum atomic E-state index is -3.47.